The molecule has 3 aliphatic rings. The molecule has 0 spiro atoms. The molecule has 2 aromatic rings. The molecule has 0 N–H and O–H groups in total. The number of ketones is 1. The van der Waals surface area contributed by atoms with Gasteiger partial charge in [0.05, 0.1) is 5.56 Å². The average molecular weight is 449 g/mol. The summed E-state index contributed by atoms with van der Waals surface area (Å²) in [5.74, 6) is -0.713. The van der Waals surface area contributed by atoms with Crippen molar-refractivity contribution in [1.82, 2.24) is 0 Å². The van der Waals surface area contributed by atoms with Crippen LogP contribution in [0.3, 0.4) is 0 Å². The number of Topliss-reactive ketones (excluding diaryl/α,β-unsaturated/α-hetero) is 1. The van der Waals surface area contributed by atoms with Crippen LogP contribution in [0.15, 0.2) is 35.5 Å². The third-order valence-electron chi connectivity index (χ3n) is 6.92. The van der Waals surface area contributed by atoms with Gasteiger partial charge in [0.1, 0.15) is 16.9 Å². The normalized spacial score (nSPS) is 21.5. The summed E-state index contributed by atoms with van der Waals surface area (Å²) in [7, 11) is 0. The SMILES string of the molecule is N#Cc1c(N2C(=O)C[C@@H](c3ccc(F)cc3)C3=C2CCCC3=O)sc2c1CCCCCC2. The molecule has 1 aromatic heterocycles. The zero-order chi connectivity index (χ0) is 22.2. The number of carbonyl (C=O) groups excluding carboxylic acids is 2. The fourth-order valence-electron chi connectivity index (χ4n) is 5.39. The Balaban J connectivity index is 1.65. The molecular formula is C26H25FN2O2S. The predicted molar refractivity (Wildman–Crippen MR) is 122 cm³/mol. The lowest BCUT2D eigenvalue weighted by molar-refractivity contribution is -0.119. The number of benzene rings is 1. The fraction of sp³-hybridized carbons (Fsp3) is 0.423. The zero-order valence-corrected chi connectivity index (χ0v) is 18.8. The Morgan fingerprint density at radius 1 is 0.969 bits per heavy atom. The summed E-state index contributed by atoms with van der Waals surface area (Å²) in [6.45, 7) is 0. The van der Waals surface area contributed by atoms with Crippen LogP contribution in [0.1, 0.15) is 78.9 Å². The maximum Gasteiger partial charge on any atom is 0.232 e. The second-order valence-electron chi connectivity index (χ2n) is 8.88. The van der Waals surface area contributed by atoms with Crippen molar-refractivity contribution in [2.75, 3.05) is 4.90 Å². The molecule has 0 unspecified atom stereocenters. The molecule has 0 radical (unpaired) electrons. The highest BCUT2D eigenvalue weighted by Crippen LogP contribution is 2.47. The third-order valence-corrected chi connectivity index (χ3v) is 8.19. The van der Waals surface area contributed by atoms with Gasteiger partial charge in [0.25, 0.3) is 0 Å². The van der Waals surface area contributed by atoms with E-state index in [4.69, 9.17) is 0 Å². The molecule has 164 valence electrons. The summed E-state index contributed by atoms with van der Waals surface area (Å²) in [6.07, 6.45) is 8.30. The van der Waals surface area contributed by atoms with Crippen LogP contribution in [0, 0.1) is 17.1 Å². The van der Waals surface area contributed by atoms with Crippen LogP contribution in [-0.2, 0) is 22.4 Å². The second kappa shape index (κ2) is 8.63. The van der Waals surface area contributed by atoms with Crippen LogP contribution in [-0.4, -0.2) is 11.7 Å². The van der Waals surface area contributed by atoms with Gasteiger partial charge in [-0.1, -0.05) is 25.0 Å². The zero-order valence-electron chi connectivity index (χ0n) is 18.0. The molecule has 1 aliphatic heterocycles. The highest BCUT2D eigenvalue weighted by atomic mass is 32.1. The summed E-state index contributed by atoms with van der Waals surface area (Å²) < 4.78 is 13.5. The number of fused-ring (bicyclic) bond motifs is 1. The van der Waals surface area contributed by atoms with Crippen molar-refractivity contribution in [2.24, 2.45) is 0 Å². The van der Waals surface area contributed by atoms with E-state index >= 15 is 0 Å². The van der Waals surface area contributed by atoms with Gasteiger partial charge in [-0.2, -0.15) is 5.26 Å². The lowest BCUT2D eigenvalue weighted by Crippen LogP contribution is -2.40. The number of amides is 1. The van der Waals surface area contributed by atoms with Crippen LogP contribution in [0.4, 0.5) is 9.39 Å². The average Bonchev–Trinajstić information content (AvgIpc) is 3.09. The minimum atomic E-state index is -0.353. The first-order valence-corrected chi connectivity index (χ1v) is 12.3. The number of hydrogen-bond acceptors (Lipinski definition) is 4. The topological polar surface area (TPSA) is 61.2 Å². The predicted octanol–water partition coefficient (Wildman–Crippen LogP) is 5.95. The molecule has 2 heterocycles. The Hall–Kier alpha value is -2.78. The van der Waals surface area contributed by atoms with Crippen LogP contribution in [0.25, 0.3) is 0 Å². The van der Waals surface area contributed by atoms with Gasteiger partial charge in [-0.3, -0.25) is 14.5 Å². The molecule has 32 heavy (non-hydrogen) atoms. The molecule has 6 heteroatoms. The molecule has 0 fully saturated rings. The highest BCUT2D eigenvalue weighted by Gasteiger charge is 2.41. The lowest BCUT2D eigenvalue weighted by atomic mass is 9.77. The first-order valence-electron chi connectivity index (χ1n) is 11.5. The number of nitrogens with zero attached hydrogens (tertiary/aromatic N) is 2. The van der Waals surface area contributed by atoms with Crippen molar-refractivity contribution in [1.29, 1.82) is 5.26 Å². The van der Waals surface area contributed by atoms with Crippen LogP contribution in [0.5, 0.6) is 0 Å². The van der Waals surface area contributed by atoms with Crippen molar-refractivity contribution in [2.45, 2.75) is 70.1 Å². The van der Waals surface area contributed by atoms with Gasteiger partial charge in [0.15, 0.2) is 5.78 Å². The Morgan fingerprint density at radius 3 is 2.47 bits per heavy atom. The first-order chi connectivity index (χ1) is 15.6. The molecule has 0 saturated heterocycles. The van der Waals surface area contributed by atoms with E-state index in [2.05, 4.69) is 6.07 Å². The number of nitriles is 1. The van der Waals surface area contributed by atoms with E-state index in [1.165, 1.54) is 29.9 Å². The second-order valence-corrected chi connectivity index (χ2v) is 9.97. The lowest BCUT2D eigenvalue weighted by Gasteiger charge is -2.37. The molecule has 2 aliphatic carbocycles. The van der Waals surface area contributed by atoms with E-state index in [9.17, 15) is 19.2 Å². The van der Waals surface area contributed by atoms with Crippen molar-refractivity contribution in [3.8, 4) is 6.07 Å². The minimum Gasteiger partial charge on any atom is -0.294 e. The number of carbonyl (C=O) groups is 2. The Bertz CT molecular complexity index is 1160. The fourth-order valence-corrected chi connectivity index (χ4v) is 6.77. The molecule has 0 saturated carbocycles. The number of thiophene rings is 1. The van der Waals surface area contributed by atoms with Crippen LogP contribution in [0.2, 0.25) is 0 Å². The number of rotatable bonds is 2. The van der Waals surface area contributed by atoms with E-state index in [1.54, 1.807) is 28.4 Å². The summed E-state index contributed by atoms with van der Waals surface area (Å²) in [4.78, 5) is 29.5. The van der Waals surface area contributed by atoms with Gasteiger partial charge >= 0.3 is 0 Å². The van der Waals surface area contributed by atoms with E-state index in [0.29, 0.717) is 35.4 Å². The first kappa shape index (κ1) is 21.1. The maximum atomic E-state index is 13.5. The molecule has 5 rings (SSSR count). The van der Waals surface area contributed by atoms with Crippen molar-refractivity contribution in [3.63, 3.8) is 0 Å². The van der Waals surface area contributed by atoms with Gasteiger partial charge in [-0.05, 0) is 61.8 Å². The smallest absolute Gasteiger partial charge is 0.232 e. The number of halogens is 1. The van der Waals surface area contributed by atoms with Crippen molar-refractivity contribution >= 4 is 28.0 Å². The van der Waals surface area contributed by atoms with E-state index < -0.39 is 0 Å². The molecular weight excluding hydrogens is 423 g/mol. The molecule has 1 atom stereocenters. The summed E-state index contributed by atoms with van der Waals surface area (Å²) in [6, 6.07) is 8.50. The number of hydrogen-bond donors (Lipinski definition) is 0. The quantitative estimate of drug-likeness (QED) is 0.571. The van der Waals surface area contributed by atoms with Gasteiger partial charge in [-0.15, -0.1) is 11.3 Å². The Morgan fingerprint density at radius 2 is 1.72 bits per heavy atom. The summed E-state index contributed by atoms with van der Waals surface area (Å²) >= 11 is 1.56. The van der Waals surface area contributed by atoms with Crippen LogP contribution >= 0.6 is 11.3 Å². The highest BCUT2D eigenvalue weighted by molar-refractivity contribution is 7.16. The van der Waals surface area contributed by atoms with Gasteiger partial charge in [0.2, 0.25) is 5.91 Å². The monoisotopic (exact) mass is 448 g/mol. The molecule has 1 amide bonds. The molecule has 1 aromatic carbocycles. The van der Waals surface area contributed by atoms with Gasteiger partial charge in [0, 0.05) is 34.9 Å². The van der Waals surface area contributed by atoms with Crippen LogP contribution < -0.4 is 4.90 Å². The number of allylic oxidation sites excluding steroid dienone is 2. The van der Waals surface area contributed by atoms with E-state index in [-0.39, 0.29) is 29.8 Å². The van der Waals surface area contributed by atoms with Gasteiger partial charge < -0.3 is 0 Å². The summed E-state index contributed by atoms with van der Waals surface area (Å²) in [5.41, 5.74) is 3.93. The third kappa shape index (κ3) is 3.59. The number of aryl methyl sites for hydroxylation is 1. The van der Waals surface area contributed by atoms with E-state index in [0.717, 1.165) is 42.5 Å². The van der Waals surface area contributed by atoms with E-state index in [1.807, 2.05) is 0 Å². The Kier molecular flexibility index (Phi) is 5.69. The minimum absolute atomic E-state index is 0.0616. The largest absolute Gasteiger partial charge is 0.294 e. The number of anilines is 1. The molecule has 0 bridgehead atoms. The maximum absolute atomic E-state index is 13.5. The van der Waals surface area contributed by atoms with Gasteiger partial charge in [-0.25, -0.2) is 4.39 Å². The standard InChI is InChI=1S/C26H25FN2O2S/c27-17-12-10-16(11-13-17)19-14-24(31)29(21-7-5-8-22(30)25(19)21)26-20(15-28)18-6-3-1-2-4-9-23(18)32-26/h10-13,19H,1-9,14H2/t19-/m0/s1. The summed E-state index contributed by atoms with van der Waals surface area (Å²) in [5, 5.41) is 10.7. The van der Waals surface area contributed by atoms with Crippen molar-refractivity contribution in [3.05, 3.63) is 62.9 Å². The molecule has 4 nitrogen and oxygen atoms in total. The Labute approximate surface area is 191 Å². The van der Waals surface area contributed by atoms with Crippen molar-refractivity contribution < 1.29 is 14.0 Å².